The van der Waals surface area contributed by atoms with Crippen molar-refractivity contribution >= 4 is 7.94 Å². The number of unbranched alkanes of at least 4 members (excludes halogenated alkanes) is 16. The van der Waals surface area contributed by atoms with Crippen LogP contribution in [0.15, 0.2) is 0 Å². The van der Waals surface area contributed by atoms with Gasteiger partial charge in [-0.15, -0.1) is 0 Å². The molecule has 0 aliphatic heterocycles. The van der Waals surface area contributed by atoms with Gasteiger partial charge in [-0.05, 0) is 0 Å². The van der Waals surface area contributed by atoms with Crippen molar-refractivity contribution in [2.45, 2.75) is 129 Å². The van der Waals surface area contributed by atoms with Gasteiger partial charge in [-0.3, -0.25) is 0 Å². The van der Waals surface area contributed by atoms with Gasteiger partial charge in [-0.1, -0.05) is 58.3 Å². The molecule has 3 N–H and O–H groups in total. The van der Waals surface area contributed by atoms with E-state index < -0.39 is 7.94 Å². The van der Waals surface area contributed by atoms with Crippen molar-refractivity contribution in [3.63, 3.8) is 0 Å². The maximum absolute atomic E-state index is 9.82. The molecule has 0 fully saturated rings. The zero-order valence-corrected chi connectivity index (χ0v) is 20.9. The first kappa shape index (κ1) is 29.3. The van der Waals surface area contributed by atoms with Crippen LogP contribution < -0.4 is 5.32 Å². The van der Waals surface area contributed by atoms with E-state index in [2.05, 4.69) is 19.2 Å². The molecular formula is C24H54NO3P. The molecule has 0 aliphatic carbocycles. The van der Waals surface area contributed by atoms with Gasteiger partial charge in [0.05, 0.1) is 0 Å². The van der Waals surface area contributed by atoms with Crippen molar-refractivity contribution in [1.82, 2.24) is 5.32 Å². The average molecular weight is 436 g/mol. The summed E-state index contributed by atoms with van der Waals surface area (Å²) in [5.41, 5.74) is 0. The standard InChI is InChI=1S/C24H54NO3P/c1-3-5-7-8-9-10-11-12-13-14-15-16-17-18-19-20-21-25-22-24-29(26,27)28-23-6-4-2/h25-27,29H,3-24H2,1-2H3. The Balaban J connectivity index is 3.15. The third-order valence-corrected chi connectivity index (χ3v) is 7.23. The topological polar surface area (TPSA) is 61.7 Å². The summed E-state index contributed by atoms with van der Waals surface area (Å²) in [6.45, 7) is 6.43. The predicted octanol–water partition coefficient (Wildman–Crippen LogP) is 7.13. The fourth-order valence-corrected chi connectivity index (χ4v) is 4.74. The van der Waals surface area contributed by atoms with E-state index in [1.54, 1.807) is 0 Å². The van der Waals surface area contributed by atoms with Crippen LogP contribution in [0.2, 0.25) is 0 Å². The Morgan fingerprint density at radius 1 is 0.552 bits per heavy atom. The van der Waals surface area contributed by atoms with Crippen molar-refractivity contribution in [3.05, 3.63) is 0 Å². The van der Waals surface area contributed by atoms with Gasteiger partial charge in [0, 0.05) is 0 Å². The molecule has 0 rings (SSSR count). The molecule has 0 aromatic rings. The summed E-state index contributed by atoms with van der Waals surface area (Å²) in [4.78, 5) is 19.6. The maximum atomic E-state index is 9.82. The summed E-state index contributed by atoms with van der Waals surface area (Å²) in [6.07, 6.45) is 24.5. The molecule has 0 radical (unpaired) electrons. The quantitative estimate of drug-likeness (QED) is 0.111. The molecule has 5 heteroatoms. The molecule has 0 unspecified atom stereocenters. The minimum absolute atomic E-state index is 0.357. The Morgan fingerprint density at radius 2 is 0.966 bits per heavy atom. The Hall–Kier alpha value is 0.270. The Kier molecular flexibility index (Phi) is 23.2. The van der Waals surface area contributed by atoms with Crippen molar-refractivity contribution in [1.29, 1.82) is 0 Å². The molecule has 0 aliphatic rings. The first-order chi connectivity index (χ1) is 14.1. The monoisotopic (exact) mass is 435 g/mol. The van der Waals surface area contributed by atoms with E-state index in [1.165, 1.54) is 103 Å². The molecule has 4 nitrogen and oxygen atoms in total. The second-order valence-corrected chi connectivity index (χ2v) is 11.0. The molecule has 0 atom stereocenters. The van der Waals surface area contributed by atoms with Gasteiger partial charge in [0.1, 0.15) is 0 Å². The van der Waals surface area contributed by atoms with E-state index in [1.807, 2.05) is 0 Å². The molecular weight excluding hydrogens is 381 g/mol. The first-order valence-corrected chi connectivity index (χ1v) is 14.9. The van der Waals surface area contributed by atoms with Crippen LogP contribution in [0.1, 0.15) is 129 Å². The van der Waals surface area contributed by atoms with Crippen LogP contribution in [0.3, 0.4) is 0 Å². The SMILES string of the molecule is CCCCCCCCCCCCCCCCCCNCC[PH](O)(O)OCCCC. The summed E-state index contributed by atoms with van der Waals surface area (Å²) in [6, 6.07) is 0. The van der Waals surface area contributed by atoms with Crippen molar-refractivity contribution in [2.75, 3.05) is 25.9 Å². The van der Waals surface area contributed by atoms with Gasteiger partial charge >= 0.3 is 125 Å². The molecule has 178 valence electrons. The van der Waals surface area contributed by atoms with Gasteiger partial charge in [-0.2, -0.15) is 0 Å². The van der Waals surface area contributed by atoms with Crippen LogP contribution in [-0.4, -0.2) is 35.6 Å². The van der Waals surface area contributed by atoms with Crippen LogP contribution in [0, 0.1) is 0 Å². The molecule has 0 aromatic heterocycles. The normalized spacial score (nSPS) is 12.6. The fourth-order valence-electron chi connectivity index (χ4n) is 3.63. The summed E-state index contributed by atoms with van der Waals surface area (Å²) in [7, 11) is -3.42. The molecule has 0 bridgehead atoms. The predicted molar refractivity (Wildman–Crippen MR) is 131 cm³/mol. The Bertz CT molecular complexity index is 317. The van der Waals surface area contributed by atoms with Crippen LogP contribution >= 0.6 is 7.94 Å². The van der Waals surface area contributed by atoms with Crippen molar-refractivity contribution in [2.24, 2.45) is 0 Å². The molecule has 0 saturated heterocycles. The summed E-state index contributed by atoms with van der Waals surface area (Å²) in [5.74, 6) is 0. The summed E-state index contributed by atoms with van der Waals surface area (Å²) >= 11 is 0. The van der Waals surface area contributed by atoms with Crippen molar-refractivity contribution in [3.8, 4) is 0 Å². The van der Waals surface area contributed by atoms with Crippen LogP contribution in [0.4, 0.5) is 0 Å². The number of rotatable bonds is 24. The zero-order chi connectivity index (χ0) is 21.5. The Morgan fingerprint density at radius 3 is 1.41 bits per heavy atom. The molecule has 0 aromatic carbocycles. The third-order valence-electron chi connectivity index (χ3n) is 5.67. The van der Waals surface area contributed by atoms with Gasteiger partial charge in [0.15, 0.2) is 0 Å². The number of hydrogen-bond acceptors (Lipinski definition) is 4. The number of hydrogen-bond donors (Lipinski definition) is 3. The second-order valence-electron chi connectivity index (χ2n) is 8.75. The van der Waals surface area contributed by atoms with E-state index in [9.17, 15) is 9.79 Å². The zero-order valence-electron chi connectivity index (χ0n) is 19.9. The molecule has 0 heterocycles. The van der Waals surface area contributed by atoms with E-state index in [0.29, 0.717) is 19.3 Å². The van der Waals surface area contributed by atoms with E-state index in [4.69, 9.17) is 4.52 Å². The Labute approximate surface area is 183 Å². The second kappa shape index (κ2) is 22.9. The van der Waals surface area contributed by atoms with E-state index >= 15 is 0 Å². The van der Waals surface area contributed by atoms with Crippen molar-refractivity contribution < 1.29 is 14.3 Å². The average Bonchev–Trinajstić information content (AvgIpc) is 2.70. The molecule has 0 spiro atoms. The summed E-state index contributed by atoms with van der Waals surface area (Å²) in [5, 5.41) is 3.32. The van der Waals surface area contributed by atoms with Gasteiger partial charge in [-0.25, -0.2) is 0 Å². The third kappa shape index (κ3) is 24.4. The molecule has 0 amide bonds. The van der Waals surface area contributed by atoms with E-state index in [-0.39, 0.29) is 0 Å². The summed E-state index contributed by atoms with van der Waals surface area (Å²) < 4.78 is 5.22. The van der Waals surface area contributed by atoms with Crippen LogP contribution in [-0.2, 0) is 4.52 Å². The molecule has 29 heavy (non-hydrogen) atoms. The fraction of sp³-hybridized carbons (Fsp3) is 1.00. The number of nitrogens with one attached hydrogen (secondary N) is 1. The molecule has 0 saturated carbocycles. The van der Waals surface area contributed by atoms with Crippen LogP contribution in [0.5, 0.6) is 0 Å². The first-order valence-electron chi connectivity index (χ1n) is 12.9. The van der Waals surface area contributed by atoms with E-state index in [0.717, 1.165) is 19.4 Å². The van der Waals surface area contributed by atoms with Gasteiger partial charge in [0.25, 0.3) is 0 Å². The van der Waals surface area contributed by atoms with Gasteiger partial charge in [0.2, 0.25) is 0 Å². The van der Waals surface area contributed by atoms with Gasteiger partial charge < -0.3 is 0 Å². The minimum atomic E-state index is -3.42. The van der Waals surface area contributed by atoms with Crippen LogP contribution in [0.25, 0.3) is 0 Å².